The van der Waals surface area contributed by atoms with Crippen molar-refractivity contribution in [1.29, 1.82) is 0 Å². The van der Waals surface area contributed by atoms with E-state index in [0.29, 0.717) is 18.4 Å². The molecule has 0 heterocycles. The molecule has 0 fully saturated rings. The lowest BCUT2D eigenvalue weighted by atomic mass is 9.99. The number of nitrogens with two attached hydrogens (primary N) is 1. The third-order valence-electron chi connectivity index (χ3n) is 2.85. The molecule has 0 bridgehead atoms. The van der Waals surface area contributed by atoms with Crippen molar-refractivity contribution in [2.24, 2.45) is 5.73 Å². The molecule has 2 aromatic rings. The third-order valence-corrected chi connectivity index (χ3v) is 2.85. The minimum Gasteiger partial charge on any atom is -0.508 e. The van der Waals surface area contributed by atoms with Gasteiger partial charge in [-0.2, -0.15) is 0 Å². The minimum atomic E-state index is -0.219. The summed E-state index contributed by atoms with van der Waals surface area (Å²) >= 11 is 0. The number of hydrogen-bond donors (Lipinski definition) is 2. The third kappa shape index (κ3) is 3.31. The van der Waals surface area contributed by atoms with Crippen molar-refractivity contribution in [2.75, 3.05) is 0 Å². The van der Waals surface area contributed by atoms with Gasteiger partial charge in [0.2, 0.25) is 0 Å². The Kier molecular flexibility index (Phi) is 3.95. The van der Waals surface area contributed by atoms with Crippen LogP contribution in [0, 0.1) is 5.82 Å². The summed E-state index contributed by atoms with van der Waals surface area (Å²) < 4.78 is 13.5. The fourth-order valence-corrected chi connectivity index (χ4v) is 2.00. The van der Waals surface area contributed by atoms with Crippen LogP contribution in [0.3, 0.4) is 0 Å². The number of benzene rings is 2. The van der Waals surface area contributed by atoms with E-state index >= 15 is 0 Å². The van der Waals surface area contributed by atoms with E-state index in [-0.39, 0.29) is 17.6 Å². The van der Waals surface area contributed by atoms with Crippen molar-refractivity contribution >= 4 is 0 Å². The van der Waals surface area contributed by atoms with Crippen LogP contribution in [0.25, 0.3) is 0 Å². The summed E-state index contributed by atoms with van der Waals surface area (Å²) in [6.45, 7) is 0. The van der Waals surface area contributed by atoms with Crippen molar-refractivity contribution in [3.05, 3.63) is 65.5 Å². The highest BCUT2D eigenvalue weighted by molar-refractivity contribution is 5.28. The van der Waals surface area contributed by atoms with Crippen molar-refractivity contribution < 1.29 is 9.50 Å². The smallest absolute Gasteiger partial charge is 0.126 e. The first-order valence-corrected chi connectivity index (χ1v) is 5.92. The SMILES string of the molecule is NC(Cc1cccc(O)c1)Cc1ccccc1F. The van der Waals surface area contributed by atoms with E-state index in [2.05, 4.69) is 0 Å². The van der Waals surface area contributed by atoms with Gasteiger partial charge in [0.25, 0.3) is 0 Å². The van der Waals surface area contributed by atoms with Gasteiger partial charge in [0.1, 0.15) is 11.6 Å². The number of phenols is 1. The van der Waals surface area contributed by atoms with Crippen LogP contribution >= 0.6 is 0 Å². The molecular formula is C15H16FNO. The average molecular weight is 245 g/mol. The zero-order chi connectivity index (χ0) is 13.0. The van der Waals surface area contributed by atoms with E-state index in [1.165, 1.54) is 6.07 Å². The number of hydrogen-bond acceptors (Lipinski definition) is 2. The largest absolute Gasteiger partial charge is 0.508 e. The van der Waals surface area contributed by atoms with Crippen LogP contribution in [0.5, 0.6) is 5.75 Å². The topological polar surface area (TPSA) is 46.2 Å². The molecule has 0 amide bonds. The first-order chi connectivity index (χ1) is 8.65. The Morgan fingerprint density at radius 2 is 1.83 bits per heavy atom. The molecular weight excluding hydrogens is 229 g/mol. The van der Waals surface area contributed by atoms with Crippen LogP contribution in [0.15, 0.2) is 48.5 Å². The maximum atomic E-state index is 13.5. The van der Waals surface area contributed by atoms with Gasteiger partial charge in [0.05, 0.1) is 0 Å². The normalized spacial score (nSPS) is 12.3. The Balaban J connectivity index is 2.01. The first kappa shape index (κ1) is 12.6. The summed E-state index contributed by atoms with van der Waals surface area (Å²) in [4.78, 5) is 0. The molecule has 2 aromatic carbocycles. The van der Waals surface area contributed by atoms with Gasteiger partial charge in [0.15, 0.2) is 0 Å². The van der Waals surface area contributed by atoms with E-state index in [9.17, 15) is 9.50 Å². The van der Waals surface area contributed by atoms with Crippen LogP contribution < -0.4 is 5.73 Å². The zero-order valence-corrected chi connectivity index (χ0v) is 10.0. The molecule has 3 N–H and O–H groups in total. The molecule has 0 aliphatic rings. The average Bonchev–Trinajstić information content (AvgIpc) is 2.32. The van der Waals surface area contributed by atoms with Gasteiger partial charge >= 0.3 is 0 Å². The highest BCUT2D eigenvalue weighted by Gasteiger charge is 2.09. The Morgan fingerprint density at radius 3 is 2.56 bits per heavy atom. The summed E-state index contributed by atoms with van der Waals surface area (Å²) in [5.41, 5.74) is 7.60. The monoisotopic (exact) mass is 245 g/mol. The molecule has 0 aliphatic heterocycles. The summed E-state index contributed by atoms with van der Waals surface area (Å²) in [6.07, 6.45) is 1.10. The van der Waals surface area contributed by atoms with E-state index in [4.69, 9.17) is 5.73 Å². The molecule has 2 nitrogen and oxygen atoms in total. The van der Waals surface area contributed by atoms with Crippen molar-refractivity contribution in [3.8, 4) is 5.75 Å². The standard InChI is InChI=1S/C15H16FNO/c16-15-7-2-1-5-12(15)10-13(17)8-11-4-3-6-14(18)9-11/h1-7,9,13,18H,8,10,17H2. The highest BCUT2D eigenvalue weighted by Crippen LogP contribution is 2.14. The van der Waals surface area contributed by atoms with Crippen LogP contribution in [-0.4, -0.2) is 11.1 Å². The van der Waals surface area contributed by atoms with Crippen LogP contribution in [0.2, 0.25) is 0 Å². The van der Waals surface area contributed by atoms with Gasteiger partial charge in [-0.05, 0) is 42.2 Å². The summed E-state index contributed by atoms with van der Waals surface area (Å²) in [7, 11) is 0. The second kappa shape index (κ2) is 5.65. The van der Waals surface area contributed by atoms with E-state index in [1.54, 1.807) is 36.4 Å². The summed E-state index contributed by atoms with van der Waals surface area (Å²) in [5, 5.41) is 9.36. The van der Waals surface area contributed by atoms with E-state index in [1.807, 2.05) is 6.07 Å². The summed E-state index contributed by atoms with van der Waals surface area (Å²) in [5.74, 6) is 0.00875. The lowest BCUT2D eigenvalue weighted by molar-refractivity contribution is 0.474. The number of rotatable bonds is 4. The molecule has 0 aromatic heterocycles. The fourth-order valence-electron chi connectivity index (χ4n) is 2.00. The summed E-state index contributed by atoms with van der Waals surface area (Å²) in [6, 6.07) is 13.5. The van der Waals surface area contributed by atoms with Crippen molar-refractivity contribution in [1.82, 2.24) is 0 Å². The van der Waals surface area contributed by atoms with Crippen LogP contribution in [0.1, 0.15) is 11.1 Å². The predicted molar refractivity (Wildman–Crippen MR) is 69.9 cm³/mol. The Labute approximate surface area is 106 Å². The molecule has 18 heavy (non-hydrogen) atoms. The molecule has 0 radical (unpaired) electrons. The molecule has 94 valence electrons. The lowest BCUT2D eigenvalue weighted by Gasteiger charge is -2.12. The minimum absolute atomic E-state index is 0.163. The van der Waals surface area contributed by atoms with Crippen molar-refractivity contribution in [3.63, 3.8) is 0 Å². The lowest BCUT2D eigenvalue weighted by Crippen LogP contribution is -2.25. The van der Waals surface area contributed by atoms with Gasteiger partial charge in [-0.15, -0.1) is 0 Å². The van der Waals surface area contributed by atoms with E-state index < -0.39 is 0 Å². The number of aromatic hydroxyl groups is 1. The van der Waals surface area contributed by atoms with Gasteiger partial charge < -0.3 is 10.8 Å². The van der Waals surface area contributed by atoms with Gasteiger partial charge in [-0.25, -0.2) is 4.39 Å². The second-order valence-electron chi connectivity index (χ2n) is 4.43. The second-order valence-corrected chi connectivity index (χ2v) is 4.43. The Bertz CT molecular complexity index is 527. The number of halogens is 1. The molecule has 3 heteroatoms. The Hall–Kier alpha value is -1.87. The zero-order valence-electron chi connectivity index (χ0n) is 10.0. The molecule has 1 atom stereocenters. The maximum Gasteiger partial charge on any atom is 0.126 e. The fraction of sp³-hybridized carbons (Fsp3) is 0.200. The molecule has 0 aliphatic carbocycles. The molecule has 0 saturated carbocycles. The van der Waals surface area contributed by atoms with Crippen molar-refractivity contribution in [2.45, 2.75) is 18.9 Å². The highest BCUT2D eigenvalue weighted by atomic mass is 19.1. The molecule has 1 unspecified atom stereocenters. The van der Waals surface area contributed by atoms with Crippen LogP contribution in [0.4, 0.5) is 4.39 Å². The van der Waals surface area contributed by atoms with Gasteiger partial charge in [-0.1, -0.05) is 30.3 Å². The van der Waals surface area contributed by atoms with Gasteiger partial charge in [0, 0.05) is 6.04 Å². The predicted octanol–water partition coefficient (Wildman–Crippen LogP) is 2.64. The Morgan fingerprint density at radius 1 is 1.06 bits per heavy atom. The first-order valence-electron chi connectivity index (χ1n) is 5.92. The quantitative estimate of drug-likeness (QED) is 0.869. The van der Waals surface area contributed by atoms with E-state index in [0.717, 1.165) is 5.56 Å². The molecule has 0 spiro atoms. The number of phenolic OH excluding ortho intramolecular Hbond substituents is 1. The maximum absolute atomic E-state index is 13.5. The van der Waals surface area contributed by atoms with Crippen LogP contribution in [-0.2, 0) is 12.8 Å². The van der Waals surface area contributed by atoms with Gasteiger partial charge in [-0.3, -0.25) is 0 Å². The molecule has 0 saturated heterocycles. The molecule has 2 rings (SSSR count).